The third-order valence-corrected chi connectivity index (χ3v) is 3.05. The van der Waals surface area contributed by atoms with E-state index in [0.717, 1.165) is 11.3 Å². The molecule has 0 amide bonds. The maximum absolute atomic E-state index is 8.27. The van der Waals surface area contributed by atoms with E-state index in [0.29, 0.717) is 5.13 Å². The molecular weight excluding hydrogens is 220 g/mol. The van der Waals surface area contributed by atoms with Crippen LogP contribution in [0.25, 0.3) is 10.4 Å². The Labute approximate surface area is 97.2 Å². The van der Waals surface area contributed by atoms with E-state index >= 15 is 0 Å². The molecule has 2 rings (SSSR count). The molecular formula is C11H10N4S. The lowest BCUT2D eigenvalue weighted by Gasteiger charge is -1.98. The molecule has 0 N–H and O–H groups in total. The van der Waals surface area contributed by atoms with Crippen molar-refractivity contribution >= 4 is 16.5 Å². The maximum Gasteiger partial charge on any atom is 0.180 e. The molecule has 80 valence electrons. The Balaban J connectivity index is 2.14. The molecule has 0 spiro atoms. The first kappa shape index (κ1) is 10.7. The fourth-order valence-electron chi connectivity index (χ4n) is 1.37. The van der Waals surface area contributed by atoms with E-state index < -0.39 is 0 Å². The van der Waals surface area contributed by atoms with Crippen LogP contribution in [0.4, 0.5) is 5.13 Å². The Bertz CT molecular complexity index is 523. The van der Waals surface area contributed by atoms with Crippen LogP contribution in [0.15, 0.2) is 35.6 Å². The van der Waals surface area contributed by atoms with Gasteiger partial charge in [0.15, 0.2) is 5.13 Å². The van der Waals surface area contributed by atoms with Crippen LogP contribution in [0.2, 0.25) is 0 Å². The van der Waals surface area contributed by atoms with Crippen molar-refractivity contribution in [3.8, 4) is 0 Å². The Morgan fingerprint density at radius 3 is 2.81 bits per heavy atom. The number of rotatable bonds is 3. The van der Waals surface area contributed by atoms with E-state index in [1.54, 1.807) is 6.20 Å². The molecule has 2 aromatic rings. The lowest BCUT2D eigenvalue weighted by molar-refractivity contribution is 1.21. The SMILES string of the molecule is Cc1ccc(Cc2cnc(N=[N+]=[N-])s2)cc1. The van der Waals surface area contributed by atoms with Gasteiger partial charge in [0.25, 0.3) is 0 Å². The number of aromatic nitrogens is 1. The highest BCUT2D eigenvalue weighted by Crippen LogP contribution is 2.23. The van der Waals surface area contributed by atoms with Crippen molar-refractivity contribution in [1.29, 1.82) is 0 Å². The second kappa shape index (κ2) is 4.79. The molecule has 0 aliphatic carbocycles. The highest BCUT2D eigenvalue weighted by atomic mass is 32.1. The summed E-state index contributed by atoms with van der Waals surface area (Å²) in [5.41, 5.74) is 10.8. The number of benzene rings is 1. The van der Waals surface area contributed by atoms with Crippen molar-refractivity contribution in [2.45, 2.75) is 13.3 Å². The summed E-state index contributed by atoms with van der Waals surface area (Å²) in [7, 11) is 0. The maximum atomic E-state index is 8.27. The Hall–Kier alpha value is -1.84. The summed E-state index contributed by atoms with van der Waals surface area (Å²) in [6.07, 6.45) is 2.59. The van der Waals surface area contributed by atoms with Crippen LogP contribution in [0.3, 0.4) is 0 Å². The number of aryl methyl sites for hydroxylation is 1. The predicted octanol–water partition coefficient (Wildman–Crippen LogP) is 3.98. The van der Waals surface area contributed by atoms with E-state index in [-0.39, 0.29) is 0 Å². The van der Waals surface area contributed by atoms with Crippen molar-refractivity contribution in [3.63, 3.8) is 0 Å². The third-order valence-electron chi connectivity index (χ3n) is 2.17. The number of thiazole rings is 1. The topological polar surface area (TPSA) is 61.7 Å². The van der Waals surface area contributed by atoms with Gasteiger partial charge in [0.2, 0.25) is 0 Å². The smallest absolute Gasteiger partial charge is 0.180 e. The molecule has 0 saturated heterocycles. The van der Waals surface area contributed by atoms with Gasteiger partial charge in [0.1, 0.15) is 0 Å². The summed E-state index contributed by atoms with van der Waals surface area (Å²) < 4.78 is 0. The summed E-state index contributed by atoms with van der Waals surface area (Å²) in [5, 5.41) is 3.95. The second-order valence-corrected chi connectivity index (χ2v) is 4.55. The van der Waals surface area contributed by atoms with Gasteiger partial charge in [0, 0.05) is 22.4 Å². The molecule has 0 radical (unpaired) electrons. The normalized spacial score (nSPS) is 9.81. The zero-order valence-corrected chi connectivity index (χ0v) is 9.61. The van der Waals surface area contributed by atoms with E-state index in [9.17, 15) is 0 Å². The third kappa shape index (κ3) is 2.59. The molecule has 4 nitrogen and oxygen atoms in total. The van der Waals surface area contributed by atoms with Crippen molar-refractivity contribution < 1.29 is 0 Å². The van der Waals surface area contributed by atoms with Crippen molar-refractivity contribution in [2.24, 2.45) is 5.11 Å². The van der Waals surface area contributed by atoms with E-state index in [4.69, 9.17) is 5.53 Å². The Morgan fingerprint density at radius 1 is 1.38 bits per heavy atom. The lowest BCUT2D eigenvalue weighted by Crippen LogP contribution is -1.84. The average Bonchev–Trinajstić information content (AvgIpc) is 2.70. The van der Waals surface area contributed by atoms with Crippen LogP contribution in [-0.4, -0.2) is 4.98 Å². The first-order chi connectivity index (χ1) is 7.78. The summed E-state index contributed by atoms with van der Waals surface area (Å²) in [4.78, 5) is 7.83. The van der Waals surface area contributed by atoms with Crippen LogP contribution in [0, 0.1) is 6.92 Å². The van der Waals surface area contributed by atoms with Crippen LogP contribution in [0.1, 0.15) is 16.0 Å². The highest BCUT2D eigenvalue weighted by molar-refractivity contribution is 7.15. The number of nitrogens with zero attached hydrogens (tertiary/aromatic N) is 4. The Morgan fingerprint density at radius 2 is 2.12 bits per heavy atom. The molecule has 1 aromatic carbocycles. The van der Waals surface area contributed by atoms with Gasteiger partial charge in [-0.05, 0) is 23.1 Å². The molecule has 16 heavy (non-hydrogen) atoms. The molecule has 0 fully saturated rings. The lowest BCUT2D eigenvalue weighted by atomic mass is 10.1. The predicted molar refractivity (Wildman–Crippen MR) is 64.9 cm³/mol. The summed E-state index contributed by atoms with van der Waals surface area (Å²) >= 11 is 1.42. The molecule has 5 heteroatoms. The molecule has 1 heterocycles. The fourth-order valence-corrected chi connectivity index (χ4v) is 2.13. The van der Waals surface area contributed by atoms with E-state index in [2.05, 4.69) is 46.2 Å². The van der Waals surface area contributed by atoms with Gasteiger partial charge in [-0.1, -0.05) is 29.8 Å². The van der Waals surface area contributed by atoms with Gasteiger partial charge in [0.05, 0.1) is 0 Å². The van der Waals surface area contributed by atoms with Gasteiger partial charge in [-0.2, -0.15) is 0 Å². The molecule has 0 aliphatic heterocycles. The minimum Gasteiger partial charge on any atom is -0.243 e. The first-order valence-corrected chi connectivity index (χ1v) is 5.65. The molecule has 0 atom stereocenters. The zero-order valence-electron chi connectivity index (χ0n) is 8.79. The van der Waals surface area contributed by atoms with Gasteiger partial charge in [-0.3, -0.25) is 0 Å². The number of hydrogen-bond donors (Lipinski definition) is 0. The second-order valence-electron chi connectivity index (χ2n) is 3.46. The fraction of sp³-hybridized carbons (Fsp3) is 0.182. The minimum atomic E-state index is 0.476. The van der Waals surface area contributed by atoms with Gasteiger partial charge in [-0.25, -0.2) is 4.98 Å². The molecule has 0 unspecified atom stereocenters. The standard InChI is InChI=1S/C11H10N4S/c1-8-2-4-9(5-3-8)6-10-7-13-11(16-10)14-15-12/h2-5,7H,6H2,1H3. The number of azide groups is 1. The average molecular weight is 230 g/mol. The van der Waals surface area contributed by atoms with Crippen LogP contribution >= 0.6 is 11.3 Å². The van der Waals surface area contributed by atoms with Gasteiger partial charge in [-0.15, -0.1) is 11.3 Å². The molecule has 0 bridgehead atoms. The Kier molecular flexibility index (Phi) is 3.19. The van der Waals surface area contributed by atoms with Crippen LogP contribution in [0.5, 0.6) is 0 Å². The van der Waals surface area contributed by atoms with Crippen LogP contribution < -0.4 is 0 Å². The molecule has 1 aromatic heterocycles. The quantitative estimate of drug-likeness (QED) is 0.447. The summed E-state index contributed by atoms with van der Waals surface area (Å²) in [6, 6.07) is 8.37. The van der Waals surface area contributed by atoms with Crippen molar-refractivity contribution in [3.05, 3.63) is 56.9 Å². The summed E-state index contributed by atoms with van der Waals surface area (Å²) in [6.45, 7) is 2.07. The first-order valence-electron chi connectivity index (χ1n) is 4.83. The summed E-state index contributed by atoms with van der Waals surface area (Å²) in [5.74, 6) is 0. The van der Waals surface area contributed by atoms with Crippen molar-refractivity contribution in [1.82, 2.24) is 4.98 Å². The zero-order chi connectivity index (χ0) is 11.4. The largest absolute Gasteiger partial charge is 0.243 e. The van der Waals surface area contributed by atoms with E-state index in [1.165, 1.54) is 22.5 Å². The molecule has 0 saturated carbocycles. The number of hydrogen-bond acceptors (Lipinski definition) is 3. The van der Waals surface area contributed by atoms with Crippen molar-refractivity contribution in [2.75, 3.05) is 0 Å². The highest BCUT2D eigenvalue weighted by Gasteiger charge is 2.01. The monoisotopic (exact) mass is 230 g/mol. The van der Waals surface area contributed by atoms with Crippen LogP contribution in [-0.2, 0) is 6.42 Å². The van der Waals surface area contributed by atoms with Gasteiger partial charge < -0.3 is 0 Å². The van der Waals surface area contributed by atoms with Gasteiger partial charge >= 0.3 is 0 Å². The minimum absolute atomic E-state index is 0.476. The van der Waals surface area contributed by atoms with E-state index in [1.807, 2.05) is 0 Å². The molecule has 0 aliphatic rings.